The molecule has 1 fully saturated rings. The minimum absolute atomic E-state index is 0.171. The van der Waals surface area contributed by atoms with E-state index in [-0.39, 0.29) is 5.96 Å². The first kappa shape index (κ1) is 13.9. The van der Waals surface area contributed by atoms with Crippen molar-refractivity contribution in [3.05, 3.63) is 0 Å². The summed E-state index contributed by atoms with van der Waals surface area (Å²) in [4.78, 5) is 34.4. The molecule has 0 aliphatic carbocycles. The van der Waals surface area contributed by atoms with Crippen LogP contribution in [0.4, 0.5) is 0 Å². The molecule has 1 heterocycles. The van der Waals surface area contributed by atoms with E-state index in [4.69, 9.17) is 16.2 Å². The van der Waals surface area contributed by atoms with E-state index in [0.29, 0.717) is 19.4 Å². The van der Waals surface area contributed by atoms with Crippen molar-refractivity contribution in [2.75, 3.05) is 6.54 Å². The van der Waals surface area contributed by atoms with Crippen LogP contribution in [-0.2, 0) is 14.4 Å². The molecule has 0 bridgehead atoms. The van der Waals surface area contributed by atoms with E-state index in [1.165, 1.54) is 6.92 Å². The van der Waals surface area contributed by atoms with Gasteiger partial charge in [0.2, 0.25) is 11.8 Å². The standard InChI is InChI=1S/C10H16N4O4/c1-5(15)14-7(9(17)18)6(8(14)16)3-2-4-13-10(11)12/h6-7H,2-4H2,1H3,(H,17,18)(H4,11,12,13)/t6-,7+/m1/s1. The van der Waals surface area contributed by atoms with E-state index < -0.39 is 29.7 Å². The highest BCUT2D eigenvalue weighted by Gasteiger charge is 2.52. The molecule has 5 N–H and O–H groups in total. The van der Waals surface area contributed by atoms with Crippen LogP contribution in [0.1, 0.15) is 19.8 Å². The number of aliphatic carboxylic acids is 1. The van der Waals surface area contributed by atoms with Crippen LogP contribution in [0.5, 0.6) is 0 Å². The maximum atomic E-state index is 11.6. The Kier molecular flexibility index (Phi) is 4.24. The maximum Gasteiger partial charge on any atom is 0.327 e. The summed E-state index contributed by atoms with van der Waals surface area (Å²) in [6.45, 7) is 1.56. The Morgan fingerprint density at radius 1 is 1.56 bits per heavy atom. The van der Waals surface area contributed by atoms with Gasteiger partial charge >= 0.3 is 5.97 Å². The Morgan fingerprint density at radius 3 is 2.61 bits per heavy atom. The van der Waals surface area contributed by atoms with Gasteiger partial charge in [0.15, 0.2) is 5.96 Å². The van der Waals surface area contributed by atoms with Gasteiger partial charge < -0.3 is 16.2 Å². The summed E-state index contributed by atoms with van der Waals surface area (Å²) in [7, 11) is 0. The van der Waals surface area contributed by atoms with E-state index in [9.17, 15) is 14.4 Å². The molecular weight excluding hydrogens is 240 g/mol. The minimum Gasteiger partial charge on any atom is -0.480 e. The number of nitrogens with two attached hydrogens (primary N) is 1. The van der Waals surface area contributed by atoms with Crippen LogP contribution in [0.2, 0.25) is 0 Å². The highest BCUT2D eigenvalue weighted by Crippen LogP contribution is 2.30. The molecule has 0 radical (unpaired) electrons. The number of nitrogens with one attached hydrogen (secondary N) is 2. The van der Waals surface area contributed by atoms with E-state index in [1.807, 2.05) is 0 Å². The van der Waals surface area contributed by atoms with Crippen molar-refractivity contribution in [1.29, 1.82) is 5.41 Å². The quantitative estimate of drug-likeness (QED) is 0.209. The van der Waals surface area contributed by atoms with E-state index in [1.54, 1.807) is 0 Å². The average molecular weight is 256 g/mol. The molecule has 1 rings (SSSR count). The lowest BCUT2D eigenvalue weighted by Gasteiger charge is -2.42. The number of hydrogen-bond donors (Lipinski definition) is 4. The molecule has 18 heavy (non-hydrogen) atoms. The molecule has 2 amide bonds. The predicted octanol–water partition coefficient (Wildman–Crippen LogP) is -1.29. The third-order valence-electron chi connectivity index (χ3n) is 2.81. The van der Waals surface area contributed by atoms with Gasteiger partial charge in [0.1, 0.15) is 6.04 Å². The van der Waals surface area contributed by atoms with E-state index in [0.717, 1.165) is 4.90 Å². The van der Waals surface area contributed by atoms with Crippen molar-refractivity contribution >= 4 is 23.7 Å². The number of imide groups is 1. The number of guanidine groups is 1. The van der Waals surface area contributed by atoms with E-state index in [2.05, 4.69) is 5.32 Å². The van der Waals surface area contributed by atoms with Gasteiger partial charge in [-0.15, -0.1) is 0 Å². The third kappa shape index (κ3) is 2.76. The fourth-order valence-corrected chi connectivity index (χ4v) is 2.01. The molecule has 0 unspecified atom stereocenters. The van der Waals surface area contributed by atoms with Crippen molar-refractivity contribution in [3.63, 3.8) is 0 Å². The molecule has 2 atom stereocenters. The van der Waals surface area contributed by atoms with Crippen molar-refractivity contribution in [3.8, 4) is 0 Å². The topological polar surface area (TPSA) is 137 Å². The van der Waals surface area contributed by atoms with Gasteiger partial charge in [-0.3, -0.25) is 19.9 Å². The summed E-state index contributed by atoms with van der Waals surface area (Å²) in [6, 6.07) is -1.06. The molecule has 0 saturated carbocycles. The van der Waals surface area contributed by atoms with Crippen LogP contribution in [0, 0.1) is 11.3 Å². The lowest BCUT2D eigenvalue weighted by Crippen LogP contribution is -2.65. The second-order valence-corrected chi connectivity index (χ2v) is 4.10. The van der Waals surface area contributed by atoms with Gasteiger partial charge in [-0.2, -0.15) is 0 Å². The first-order valence-electron chi connectivity index (χ1n) is 5.50. The third-order valence-corrected chi connectivity index (χ3v) is 2.81. The van der Waals surface area contributed by atoms with E-state index >= 15 is 0 Å². The number of amides is 2. The molecule has 0 aromatic rings. The smallest absolute Gasteiger partial charge is 0.327 e. The summed E-state index contributed by atoms with van der Waals surface area (Å²) in [6.07, 6.45) is 0.853. The summed E-state index contributed by atoms with van der Waals surface area (Å²) < 4.78 is 0. The van der Waals surface area contributed by atoms with Crippen LogP contribution in [0.3, 0.4) is 0 Å². The molecular formula is C10H16N4O4. The number of carboxylic acid groups (broad SMARTS) is 1. The molecule has 8 nitrogen and oxygen atoms in total. The highest BCUT2D eigenvalue weighted by atomic mass is 16.4. The van der Waals surface area contributed by atoms with Crippen LogP contribution in [0.25, 0.3) is 0 Å². The number of carbonyl (C=O) groups excluding carboxylic acids is 2. The lowest BCUT2D eigenvalue weighted by molar-refractivity contribution is -0.176. The van der Waals surface area contributed by atoms with Crippen LogP contribution in [-0.4, -0.2) is 46.3 Å². The van der Waals surface area contributed by atoms with Crippen LogP contribution < -0.4 is 11.1 Å². The molecule has 1 aliphatic heterocycles. The minimum atomic E-state index is -1.17. The second kappa shape index (κ2) is 5.48. The van der Waals surface area contributed by atoms with Gasteiger partial charge in [0.05, 0.1) is 5.92 Å². The molecule has 100 valence electrons. The number of carboxylic acids is 1. The van der Waals surface area contributed by atoms with Crippen molar-refractivity contribution in [2.24, 2.45) is 11.7 Å². The van der Waals surface area contributed by atoms with Crippen LogP contribution in [0.15, 0.2) is 0 Å². The molecule has 0 spiro atoms. The fourth-order valence-electron chi connectivity index (χ4n) is 2.01. The predicted molar refractivity (Wildman–Crippen MR) is 61.6 cm³/mol. The Bertz CT molecular complexity index is 395. The van der Waals surface area contributed by atoms with Crippen molar-refractivity contribution < 1.29 is 19.5 Å². The fraction of sp³-hybridized carbons (Fsp3) is 0.600. The molecule has 8 heteroatoms. The zero-order valence-electron chi connectivity index (χ0n) is 9.97. The van der Waals surface area contributed by atoms with Gasteiger partial charge in [-0.1, -0.05) is 0 Å². The van der Waals surface area contributed by atoms with Crippen molar-refractivity contribution in [1.82, 2.24) is 10.2 Å². The monoisotopic (exact) mass is 256 g/mol. The summed E-state index contributed by atoms with van der Waals surface area (Å²) in [5.41, 5.74) is 5.08. The second-order valence-electron chi connectivity index (χ2n) is 4.10. The molecule has 1 aliphatic rings. The van der Waals surface area contributed by atoms with Crippen molar-refractivity contribution in [2.45, 2.75) is 25.8 Å². The lowest BCUT2D eigenvalue weighted by atomic mass is 9.83. The van der Waals surface area contributed by atoms with Gasteiger partial charge in [-0.25, -0.2) is 4.79 Å². The molecule has 0 aromatic carbocycles. The number of likely N-dealkylation sites (tertiary alicyclic amines) is 1. The number of carbonyl (C=O) groups is 3. The maximum absolute atomic E-state index is 11.6. The number of rotatable bonds is 5. The Balaban J connectivity index is 2.50. The van der Waals surface area contributed by atoms with Crippen LogP contribution >= 0.6 is 0 Å². The summed E-state index contributed by atoms with van der Waals surface area (Å²) >= 11 is 0. The zero-order chi connectivity index (χ0) is 13.9. The van der Waals surface area contributed by atoms with Gasteiger partial charge in [-0.05, 0) is 12.8 Å². The Labute approximate surface area is 104 Å². The molecule has 0 aromatic heterocycles. The normalized spacial score (nSPS) is 22.3. The Hall–Kier alpha value is -2.12. The largest absolute Gasteiger partial charge is 0.480 e. The number of nitrogens with zero attached hydrogens (tertiary/aromatic N) is 1. The number of hydrogen-bond acceptors (Lipinski definition) is 4. The van der Waals surface area contributed by atoms with Gasteiger partial charge in [0, 0.05) is 13.5 Å². The first-order chi connectivity index (χ1) is 8.36. The summed E-state index contributed by atoms with van der Waals surface area (Å²) in [5, 5.41) is 18.5. The Morgan fingerprint density at radius 2 is 2.17 bits per heavy atom. The van der Waals surface area contributed by atoms with Gasteiger partial charge in [0.25, 0.3) is 0 Å². The average Bonchev–Trinajstić information content (AvgIpc) is 2.23. The summed E-state index contributed by atoms with van der Waals surface area (Å²) in [5.74, 6) is -3.01. The number of β-lactam (4-membered cyclic amide) rings is 1. The molecule has 1 saturated heterocycles. The zero-order valence-corrected chi connectivity index (χ0v) is 9.97. The highest BCUT2D eigenvalue weighted by molar-refractivity contribution is 6.07. The SMILES string of the molecule is CC(=O)N1C(=O)[C@H](CCCNC(=N)N)[C@H]1C(=O)O. The first-order valence-corrected chi connectivity index (χ1v) is 5.50.